The highest BCUT2D eigenvalue weighted by molar-refractivity contribution is 5.89. The summed E-state index contributed by atoms with van der Waals surface area (Å²) in [4.78, 5) is 13.6. The van der Waals surface area contributed by atoms with Crippen molar-refractivity contribution in [2.45, 2.75) is 13.0 Å². The summed E-state index contributed by atoms with van der Waals surface area (Å²) in [5, 5.41) is 19.0. The molecule has 0 aliphatic heterocycles. The van der Waals surface area contributed by atoms with Crippen LogP contribution in [0.3, 0.4) is 0 Å². The minimum atomic E-state index is -1.51. The zero-order valence-electron chi connectivity index (χ0n) is 9.30. The number of aliphatic carboxylic acids is 1. The lowest BCUT2D eigenvalue weighted by Crippen LogP contribution is -2.09. The van der Waals surface area contributed by atoms with Crippen molar-refractivity contribution >= 4 is 16.9 Å². The standard InChI is InChI=1S/C12H13NO4/c1-2-17-7-3-4-8-9(11(14)12(15)16)6-13-10(8)5-7/h3-6,11,13-14H,2H2,1H3,(H,15,16). The van der Waals surface area contributed by atoms with Crippen LogP contribution in [0.5, 0.6) is 5.75 Å². The quantitative estimate of drug-likeness (QED) is 0.753. The minimum Gasteiger partial charge on any atom is -0.494 e. The van der Waals surface area contributed by atoms with E-state index in [2.05, 4.69) is 4.98 Å². The van der Waals surface area contributed by atoms with E-state index in [1.165, 1.54) is 6.20 Å². The first-order valence-corrected chi connectivity index (χ1v) is 5.28. The van der Waals surface area contributed by atoms with Gasteiger partial charge in [-0.3, -0.25) is 0 Å². The highest BCUT2D eigenvalue weighted by Crippen LogP contribution is 2.27. The molecule has 1 atom stereocenters. The highest BCUT2D eigenvalue weighted by Gasteiger charge is 2.19. The summed E-state index contributed by atoms with van der Waals surface area (Å²) < 4.78 is 5.33. The number of carbonyl (C=O) groups is 1. The number of H-pyrrole nitrogens is 1. The molecule has 1 heterocycles. The van der Waals surface area contributed by atoms with Gasteiger partial charge in [-0.05, 0) is 19.1 Å². The van der Waals surface area contributed by atoms with Gasteiger partial charge < -0.3 is 19.9 Å². The summed E-state index contributed by atoms with van der Waals surface area (Å²) >= 11 is 0. The Morgan fingerprint density at radius 2 is 2.29 bits per heavy atom. The molecule has 0 spiro atoms. The molecule has 0 saturated heterocycles. The number of carboxylic acid groups (broad SMARTS) is 1. The zero-order valence-corrected chi connectivity index (χ0v) is 9.30. The Morgan fingerprint density at radius 3 is 2.94 bits per heavy atom. The monoisotopic (exact) mass is 235 g/mol. The van der Waals surface area contributed by atoms with Crippen LogP contribution in [-0.2, 0) is 4.79 Å². The Kier molecular flexibility index (Phi) is 3.01. The smallest absolute Gasteiger partial charge is 0.337 e. The van der Waals surface area contributed by atoms with Gasteiger partial charge in [0.05, 0.1) is 6.61 Å². The van der Waals surface area contributed by atoms with Crippen molar-refractivity contribution in [3.63, 3.8) is 0 Å². The molecule has 0 amide bonds. The summed E-state index contributed by atoms with van der Waals surface area (Å²) in [6, 6.07) is 5.26. The van der Waals surface area contributed by atoms with Crippen molar-refractivity contribution in [3.05, 3.63) is 30.0 Å². The van der Waals surface area contributed by atoms with E-state index in [0.717, 1.165) is 5.52 Å². The number of nitrogens with one attached hydrogen (secondary N) is 1. The van der Waals surface area contributed by atoms with Crippen LogP contribution in [0.1, 0.15) is 18.6 Å². The molecule has 2 aromatic rings. The van der Waals surface area contributed by atoms with E-state index in [9.17, 15) is 9.90 Å². The van der Waals surface area contributed by atoms with Gasteiger partial charge in [0.25, 0.3) is 0 Å². The van der Waals surface area contributed by atoms with Crippen molar-refractivity contribution in [1.29, 1.82) is 0 Å². The van der Waals surface area contributed by atoms with E-state index in [1.54, 1.807) is 18.2 Å². The number of aliphatic hydroxyl groups excluding tert-OH is 1. The molecule has 0 aliphatic carbocycles. The normalized spacial score (nSPS) is 12.6. The predicted octanol–water partition coefficient (Wildman–Crippen LogP) is 1.68. The van der Waals surface area contributed by atoms with E-state index in [4.69, 9.17) is 9.84 Å². The number of aromatic nitrogens is 1. The van der Waals surface area contributed by atoms with Crippen molar-refractivity contribution < 1.29 is 19.7 Å². The summed E-state index contributed by atoms with van der Waals surface area (Å²) in [6.45, 7) is 2.45. The zero-order chi connectivity index (χ0) is 12.4. The van der Waals surface area contributed by atoms with Crippen LogP contribution in [0.15, 0.2) is 24.4 Å². The van der Waals surface area contributed by atoms with E-state index in [0.29, 0.717) is 23.3 Å². The maximum atomic E-state index is 10.7. The number of rotatable bonds is 4. The molecule has 3 N–H and O–H groups in total. The van der Waals surface area contributed by atoms with Crippen LogP contribution in [0, 0.1) is 0 Å². The molecule has 0 bridgehead atoms. The number of aliphatic hydroxyl groups is 1. The van der Waals surface area contributed by atoms with Gasteiger partial charge in [-0.15, -0.1) is 0 Å². The molecular formula is C12H13NO4. The molecular weight excluding hydrogens is 222 g/mol. The van der Waals surface area contributed by atoms with E-state index >= 15 is 0 Å². The third-order valence-corrected chi connectivity index (χ3v) is 2.52. The summed E-state index contributed by atoms with van der Waals surface area (Å²) in [6.07, 6.45) is -0.0131. The SMILES string of the molecule is CCOc1ccc2c(C(O)C(=O)O)c[nH]c2c1. The molecule has 0 saturated carbocycles. The van der Waals surface area contributed by atoms with Gasteiger partial charge >= 0.3 is 5.97 Å². The maximum absolute atomic E-state index is 10.7. The Morgan fingerprint density at radius 1 is 1.53 bits per heavy atom. The molecule has 5 heteroatoms. The number of ether oxygens (including phenoxy) is 1. The second-order valence-electron chi connectivity index (χ2n) is 3.63. The number of aromatic amines is 1. The molecule has 17 heavy (non-hydrogen) atoms. The molecule has 0 aliphatic rings. The Labute approximate surface area is 97.6 Å². The molecule has 5 nitrogen and oxygen atoms in total. The summed E-state index contributed by atoms with van der Waals surface area (Å²) in [7, 11) is 0. The van der Waals surface area contributed by atoms with Crippen LogP contribution < -0.4 is 4.74 Å². The van der Waals surface area contributed by atoms with Crippen molar-refractivity contribution in [3.8, 4) is 5.75 Å². The number of hydrogen-bond acceptors (Lipinski definition) is 3. The molecule has 2 rings (SSSR count). The number of hydrogen-bond donors (Lipinski definition) is 3. The molecule has 0 radical (unpaired) electrons. The molecule has 1 aromatic heterocycles. The average Bonchev–Trinajstić information content (AvgIpc) is 2.71. The van der Waals surface area contributed by atoms with Crippen LogP contribution in [0.25, 0.3) is 10.9 Å². The predicted molar refractivity (Wildman–Crippen MR) is 62.1 cm³/mol. The Balaban J connectivity index is 2.44. The van der Waals surface area contributed by atoms with Gasteiger partial charge in [0, 0.05) is 28.7 Å². The van der Waals surface area contributed by atoms with Crippen molar-refractivity contribution in [1.82, 2.24) is 4.98 Å². The first kappa shape index (κ1) is 11.5. The lowest BCUT2D eigenvalue weighted by molar-refractivity contribution is -0.146. The van der Waals surface area contributed by atoms with Crippen LogP contribution in [0.4, 0.5) is 0 Å². The molecule has 90 valence electrons. The van der Waals surface area contributed by atoms with E-state index in [1.807, 2.05) is 6.92 Å². The second-order valence-corrected chi connectivity index (χ2v) is 3.63. The van der Waals surface area contributed by atoms with E-state index in [-0.39, 0.29) is 0 Å². The molecule has 1 aromatic carbocycles. The topological polar surface area (TPSA) is 82.6 Å². The largest absolute Gasteiger partial charge is 0.494 e. The van der Waals surface area contributed by atoms with Gasteiger partial charge in [0.1, 0.15) is 5.75 Å². The van der Waals surface area contributed by atoms with Gasteiger partial charge in [-0.1, -0.05) is 0 Å². The van der Waals surface area contributed by atoms with Crippen LogP contribution in [-0.4, -0.2) is 27.8 Å². The Hall–Kier alpha value is -2.01. The number of carboxylic acids is 1. The third-order valence-electron chi connectivity index (χ3n) is 2.52. The average molecular weight is 235 g/mol. The fourth-order valence-corrected chi connectivity index (χ4v) is 1.74. The number of benzene rings is 1. The maximum Gasteiger partial charge on any atom is 0.337 e. The van der Waals surface area contributed by atoms with Crippen molar-refractivity contribution in [2.75, 3.05) is 6.61 Å². The molecule has 0 fully saturated rings. The number of fused-ring (bicyclic) bond motifs is 1. The van der Waals surface area contributed by atoms with Gasteiger partial charge in [-0.25, -0.2) is 4.79 Å². The van der Waals surface area contributed by atoms with Crippen molar-refractivity contribution in [2.24, 2.45) is 0 Å². The van der Waals surface area contributed by atoms with Gasteiger partial charge in [-0.2, -0.15) is 0 Å². The summed E-state index contributed by atoms with van der Waals surface area (Å²) in [5.74, 6) is -0.557. The first-order chi connectivity index (χ1) is 8.13. The van der Waals surface area contributed by atoms with E-state index < -0.39 is 12.1 Å². The van der Waals surface area contributed by atoms with Gasteiger partial charge in [0.15, 0.2) is 6.10 Å². The second kappa shape index (κ2) is 4.47. The molecule has 1 unspecified atom stereocenters. The van der Waals surface area contributed by atoms with Crippen LogP contribution >= 0.6 is 0 Å². The summed E-state index contributed by atoms with van der Waals surface area (Å²) in [5.41, 5.74) is 1.10. The highest BCUT2D eigenvalue weighted by atomic mass is 16.5. The first-order valence-electron chi connectivity index (χ1n) is 5.28. The fourth-order valence-electron chi connectivity index (χ4n) is 1.74. The van der Waals surface area contributed by atoms with Crippen LogP contribution in [0.2, 0.25) is 0 Å². The lowest BCUT2D eigenvalue weighted by atomic mass is 10.1. The lowest BCUT2D eigenvalue weighted by Gasteiger charge is -2.05. The fraction of sp³-hybridized carbons (Fsp3) is 0.250. The Bertz CT molecular complexity index is 546. The third kappa shape index (κ3) is 2.09. The van der Waals surface area contributed by atoms with Gasteiger partial charge in [0.2, 0.25) is 0 Å². The minimum absolute atomic E-state index is 0.357.